The summed E-state index contributed by atoms with van der Waals surface area (Å²) in [5.74, 6) is 0.0527. The normalized spacial score (nSPS) is 13.3. The van der Waals surface area contributed by atoms with Crippen LogP contribution in [0.3, 0.4) is 0 Å². The van der Waals surface area contributed by atoms with Gasteiger partial charge in [0.2, 0.25) is 0 Å². The van der Waals surface area contributed by atoms with Crippen molar-refractivity contribution in [2.24, 2.45) is 0 Å². The van der Waals surface area contributed by atoms with Crippen molar-refractivity contribution >= 4 is 30.0 Å². The molecule has 21 heavy (non-hydrogen) atoms. The van der Waals surface area contributed by atoms with Gasteiger partial charge in [-0.3, -0.25) is 4.79 Å². The Hall–Kier alpha value is -1.62. The first-order chi connectivity index (χ1) is 10.1. The van der Waals surface area contributed by atoms with E-state index in [-0.39, 0.29) is 5.78 Å². The SMILES string of the molecule is O=C(CCc1cccc(Cl)c1)c1ccc2c(c1)B(O)OC2. The Labute approximate surface area is 128 Å². The van der Waals surface area contributed by atoms with Crippen molar-refractivity contribution in [1.29, 1.82) is 0 Å². The fourth-order valence-corrected chi connectivity index (χ4v) is 2.70. The molecule has 0 saturated heterocycles. The molecule has 106 valence electrons. The highest BCUT2D eigenvalue weighted by molar-refractivity contribution is 6.61. The molecule has 0 radical (unpaired) electrons. The molecule has 0 saturated carbocycles. The Morgan fingerprint density at radius 3 is 2.95 bits per heavy atom. The third-order valence-corrected chi connectivity index (χ3v) is 3.90. The maximum Gasteiger partial charge on any atom is 0.491 e. The number of benzene rings is 2. The van der Waals surface area contributed by atoms with Gasteiger partial charge in [0.15, 0.2) is 5.78 Å². The Morgan fingerprint density at radius 2 is 2.14 bits per heavy atom. The van der Waals surface area contributed by atoms with E-state index in [1.165, 1.54) is 0 Å². The molecular formula is C16H14BClO3. The van der Waals surface area contributed by atoms with Crippen molar-refractivity contribution in [3.05, 3.63) is 64.2 Å². The van der Waals surface area contributed by atoms with Crippen LogP contribution in [0.15, 0.2) is 42.5 Å². The molecule has 1 heterocycles. The van der Waals surface area contributed by atoms with Gasteiger partial charge >= 0.3 is 7.12 Å². The Bertz CT molecular complexity index is 687. The van der Waals surface area contributed by atoms with Crippen LogP contribution in [0.4, 0.5) is 0 Å². The van der Waals surface area contributed by atoms with E-state index in [1.54, 1.807) is 12.1 Å². The van der Waals surface area contributed by atoms with Crippen LogP contribution < -0.4 is 5.46 Å². The van der Waals surface area contributed by atoms with E-state index in [4.69, 9.17) is 16.3 Å². The quantitative estimate of drug-likeness (QED) is 0.696. The molecule has 0 atom stereocenters. The van der Waals surface area contributed by atoms with Crippen LogP contribution in [0.1, 0.15) is 27.9 Å². The van der Waals surface area contributed by atoms with Gasteiger partial charge in [0, 0.05) is 17.0 Å². The average molecular weight is 301 g/mol. The highest BCUT2D eigenvalue weighted by Crippen LogP contribution is 2.15. The highest BCUT2D eigenvalue weighted by atomic mass is 35.5. The molecule has 0 bridgehead atoms. The van der Waals surface area contributed by atoms with Gasteiger partial charge in [-0.2, -0.15) is 0 Å². The Kier molecular flexibility index (Phi) is 4.11. The zero-order valence-electron chi connectivity index (χ0n) is 11.4. The summed E-state index contributed by atoms with van der Waals surface area (Å²) in [4.78, 5) is 12.3. The van der Waals surface area contributed by atoms with Crippen molar-refractivity contribution in [3.8, 4) is 0 Å². The molecule has 0 spiro atoms. The molecule has 2 aromatic carbocycles. The number of rotatable bonds is 4. The van der Waals surface area contributed by atoms with Gasteiger partial charge in [-0.25, -0.2) is 0 Å². The fraction of sp³-hybridized carbons (Fsp3) is 0.188. The summed E-state index contributed by atoms with van der Waals surface area (Å²) in [5, 5.41) is 10.4. The van der Waals surface area contributed by atoms with Gasteiger partial charge in [0.1, 0.15) is 0 Å². The van der Waals surface area contributed by atoms with Crippen LogP contribution in [0, 0.1) is 0 Å². The largest absolute Gasteiger partial charge is 0.491 e. The summed E-state index contributed by atoms with van der Waals surface area (Å²) in [7, 11) is -0.916. The minimum atomic E-state index is -0.916. The number of fused-ring (bicyclic) bond motifs is 1. The monoisotopic (exact) mass is 300 g/mol. The molecule has 0 amide bonds. The maximum atomic E-state index is 12.3. The fourth-order valence-electron chi connectivity index (χ4n) is 2.48. The van der Waals surface area contributed by atoms with Crippen molar-refractivity contribution in [2.45, 2.75) is 19.4 Å². The van der Waals surface area contributed by atoms with Crippen LogP contribution in [-0.4, -0.2) is 17.9 Å². The summed E-state index contributed by atoms with van der Waals surface area (Å²) in [5.41, 5.74) is 3.29. The smallest absolute Gasteiger partial charge is 0.423 e. The third-order valence-electron chi connectivity index (χ3n) is 3.66. The van der Waals surface area contributed by atoms with E-state index in [0.29, 0.717) is 35.5 Å². The maximum absolute atomic E-state index is 12.3. The van der Waals surface area contributed by atoms with Gasteiger partial charge in [0.25, 0.3) is 0 Å². The van der Waals surface area contributed by atoms with Gasteiger partial charge in [-0.1, -0.05) is 41.9 Å². The number of carbonyl (C=O) groups is 1. The summed E-state index contributed by atoms with van der Waals surface area (Å²) in [6, 6.07) is 12.9. The molecule has 5 heteroatoms. The predicted octanol–water partition coefficient (Wildman–Crippen LogP) is 2.37. The second kappa shape index (κ2) is 6.02. The summed E-state index contributed by atoms with van der Waals surface area (Å²) >= 11 is 5.93. The lowest BCUT2D eigenvalue weighted by atomic mass is 9.78. The molecule has 0 fully saturated rings. The Balaban J connectivity index is 1.70. The van der Waals surface area contributed by atoms with E-state index in [2.05, 4.69) is 0 Å². The molecule has 1 aliphatic rings. The number of ketones is 1. The third kappa shape index (κ3) is 3.18. The first-order valence-corrected chi connectivity index (χ1v) is 7.21. The van der Waals surface area contributed by atoms with E-state index in [1.807, 2.05) is 30.3 Å². The van der Waals surface area contributed by atoms with Crippen LogP contribution in [0.25, 0.3) is 0 Å². The van der Waals surface area contributed by atoms with Crippen molar-refractivity contribution < 1.29 is 14.5 Å². The minimum absolute atomic E-state index is 0.0527. The van der Waals surface area contributed by atoms with Crippen molar-refractivity contribution in [1.82, 2.24) is 0 Å². The summed E-state index contributed by atoms with van der Waals surface area (Å²) < 4.78 is 5.13. The predicted molar refractivity (Wildman–Crippen MR) is 82.9 cm³/mol. The molecule has 0 aliphatic carbocycles. The summed E-state index contributed by atoms with van der Waals surface area (Å²) in [6.45, 7) is 0.396. The molecule has 3 nitrogen and oxygen atoms in total. The minimum Gasteiger partial charge on any atom is -0.423 e. The molecule has 1 aliphatic heterocycles. The first-order valence-electron chi connectivity index (χ1n) is 6.83. The van der Waals surface area contributed by atoms with E-state index in [0.717, 1.165) is 11.1 Å². The molecule has 1 N–H and O–H groups in total. The number of halogens is 1. The van der Waals surface area contributed by atoms with Crippen molar-refractivity contribution in [2.75, 3.05) is 0 Å². The van der Waals surface area contributed by atoms with Crippen LogP contribution in [0.2, 0.25) is 5.02 Å². The van der Waals surface area contributed by atoms with Crippen molar-refractivity contribution in [3.63, 3.8) is 0 Å². The molecular weight excluding hydrogens is 286 g/mol. The van der Waals surface area contributed by atoms with Gasteiger partial charge < -0.3 is 9.68 Å². The lowest BCUT2D eigenvalue weighted by molar-refractivity contribution is 0.0983. The zero-order chi connectivity index (χ0) is 14.8. The molecule has 0 aromatic heterocycles. The van der Waals surface area contributed by atoms with E-state index in [9.17, 15) is 9.82 Å². The topological polar surface area (TPSA) is 46.5 Å². The highest BCUT2D eigenvalue weighted by Gasteiger charge is 2.27. The van der Waals surface area contributed by atoms with E-state index < -0.39 is 7.12 Å². The Morgan fingerprint density at radius 1 is 1.29 bits per heavy atom. The van der Waals surface area contributed by atoms with Crippen LogP contribution in [-0.2, 0) is 17.7 Å². The average Bonchev–Trinajstić information content (AvgIpc) is 2.86. The molecule has 3 rings (SSSR count). The lowest BCUT2D eigenvalue weighted by Crippen LogP contribution is -2.28. The summed E-state index contributed by atoms with van der Waals surface area (Å²) in [6.07, 6.45) is 1.06. The number of hydrogen-bond acceptors (Lipinski definition) is 3. The number of carbonyl (C=O) groups excluding carboxylic acids is 1. The zero-order valence-corrected chi connectivity index (χ0v) is 12.1. The second-order valence-corrected chi connectivity index (χ2v) is 5.57. The standard InChI is InChI=1S/C16H14BClO3/c18-14-3-1-2-11(8-14)4-7-16(19)12-5-6-13-10-21-17(20)15(13)9-12/h1-3,5-6,8-9,20H,4,7,10H2. The lowest BCUT2D eigenvalue weighted by Gasteiger charge is -2.05. The van der Waals surface area contributed by atoms with Crippen LogP contribution >= 0.6 is 11.6 Å². The first kappa shape index (κ1) is 14.3. The van der Waals surface area contributed by atoms with Crippen LogP contribution in [0.5, 0.6) is 0 Å². The number of Topliss-reactive ketones (excluding diaryl/α,β-unsaturated/α-hetero) is 1. The molecule has 0 unspecified atom stereocenters. The van der Waals surface area contributed by atoms with Gasteiger partial charge in [0.05, 0.1) is 6.61 Å². The number of aryl methyl sites for hydroxylation is 1. The second-order valence-electron chi connectivity index (χ2n) is 5.13. The van der Waals surface area contributed by atoms with Gasteiger partial charge in [-0.05, 0) is 35.1 Å². The van der Waals surface area contributed by atoms with E-state index >= 15 is 0 Å². The molecule has 2 aromatic rings. The van der Waals surface area contributed by atoms with Gasteiger partial charge in [-0.15, -0.1) is 0 Å². The number of hydrogen-bond donors (Lipinski definition) is 1.